The molecule has 2 aromatic heterocycles. The number of aliphatic hydroxyl groups is 1. The van der Waals surface area contributed by atoms with Crippen molar-refractivity contribution in [1.82, 2.24) is 14.9 Å². The van der Waals surface area contributed by atoms with Crippen LogP contribution in [0.2, 0.25) is 0 Å². The number of hydrogen-bond donors (Lipinski definition) is 3. The van der Waals surface area contributed by atoms with Crippen molar-refractivity contribution < 1.29 is 28.2 Å². The van der Waals surface area contributed by atoms with Crippen molar-refractivity contribution in [2.24, 2.45) is 4.99 Å². The van der Waals surface area contributed by atoms with Gasteiger partial charge >= 0.3 is 6.11 Å². The lowest BCUT2D eigenvalue weighted by atomic mass is 10.1. The molecule has 0 aliphatic carbocycles. The molecule has 3 rings (SSSR count). The zero-order valence-electron chi connectivity index (χ0n) is 20.5. The summed E-state index contributed by atoms with van der Waals surface area (Å²) in [6, 6.07) is 7.89. The van der Waals surface area contributed by atoms with Crippen LogP contribution in [0.4, 0.5) is 14.5 Å². The molecule has 198 valence electrons. The minimum Gasteiger partial charge on any atom is -0.433 e. The fraction of sp³-hybridized carbons (Fsp3) is 0.360. The number of benzene rings is 1. The van der Waals surface area contributed by atoms with Crippen LogP contribution in [0.1, 0.15) is 37.0 Å². The summed E-state index contributed by atoms with van der Waals surface area (Å²) >= 11 is 1.26. The van der Waals surface area contributed by atoms with Crippen molar-refractivity contribution in [3.05, 3.63) is 58.5 Å². The van der Waals surface area contributed by atoms with Crippen molar-refractivity contribution >= 4 is 28.8 Å². The second-order valence-electron chi connectivity index (χ2n) is 8.17. The molecule has 3 aromatic rings. The molecule has 37 heavy (non-hydrogen) atoms. The maximum atomic E-state index is 13.2. The summed E-state index contributed by atoms with van der Waals surface area (Å²) in [5.74, 6) is -0.601. The summed E-state index contributed by atoms with van der Waals surface area (Å²) < 4.78 is 32.8. The number of aliphatic hydroxyl groups excluding tert-OH is 1. The summed E-state index contributed by atoms with van der Waals surface area (Å²) in [5, 5.41) is 16.7. The monoisotopic (exact) mass is 533 g/mol. The minimum absolute atomic E-state index is 0.0240. The average Bonchev–Trinajstić information content (AvgIpc) is 3.23. The summed E-state index contributed by atoms with van der Waals surface area (Å²) in [5.41, 5.74) is 2.32. The van der Waals surface area contributed by atoms with Crippen molar-refractivity contribution in [3.63, 3.8) is 0 Å². The average molecular weight is 534 g/mol. The lowest BCUT2D eigenvalue weighted by Gasteiger charge is -2.14. The van der Waals surface area contributed by atoms with Gasteiger partial charge in [-0.15, -0.1) is 11.3 Å². The Bertz CT molecular complexity index is 1270. The van der Waals surface area contributed by atoms with Gasteiger partial charge in [0.25, 0.3) is 5.91 Å². The SMILES string of the molecule is CC(=O)NCCCn1c(-c2ccc(OC(C)(F)F)cc2)csc1=NC(=O)c1cnccc1NCCCO. The largest absolute Gasteiger partial charge is 0.433 e. The van der Waals surface area contributed by atoms with Gasteiger partial charge in [0.2, 0.25) is 5.91 Å². The molecule has 0 aliphatic rings. The van der Waals surface area contributed by atoms with E-state index in [9.17, 15) is 18.4 Å². The van der Waals surface area contributed by atoms with Crippen LogP contribution < -0.4 is 20.2 Å². The second-order valence-corrected chi connectivity index (χ2v) is 9.00. The Hall–Kier alpha value is -3.64. The summed E-state index contributed by atoms with van der Waals surface area (Å²) in [6.45, 7) is 3.50. The molecule has 1 aromatic carbocycles. The van der Waals surface area contributed by atoms with Gasteiger partial charge in [-0.05, 0) is 48.7 Å². The van der Waals surface area contributed by atoms with E-state index >= 15 is 0 Å². The molecule has 2 amide bonds. The molecule has 9 nitrogen and oxygen atoms in total. The van der Waals surface area contributed by atoms with E-state index in [1.807, 2.05) is 9.95 Å². The molecule has 12 heteroatoms. The number of thiazole rings is 1. The number of amides is 2. The van der Waals surface area contributed by atoms with Gasteiger partial charge < -0.3 is 25.0 Å². The van der Waals surface area contributed by atoms with Gasteiger partial charge in [-0.1, -0.05) is 0 Å². The molecule has 0 aliphatic heterocycles. The molecule has 0 fully saturated rings. The number of pyridine rings is 1. The Labute approximate surface area is 216 Å². The van der Waals surface area contributed by atoms with Gasteiger partial charge in [-0.3, -0.25) is 14.6 Å². The predicted molar refractivity (Wildman–Crippen MR) is 137 cm³/mol. The number of carbonyl (C=O) groups excluding carboxylic acids is 2. The van der Waals surface area contributed by atoms with Gasteiger partial charge in [0.1, 0.15) is 5.75 Å². The Morgan fingerprint density at radius 1 is 1.19 bits per heavy atom. The third-order valence-corrected chi connectivity index (χ3v) is 5.94. The van der Waals surface area contributed by atoms with Crippen LogP contribution in [0.15, 0.2) is 53.1 Å². The van der Waals surface area contributed by atoms with Crippen LogP contribution in [0.25, 0.3) is 11.3 Å². The normalized spacial score (nSPS) is 11.9. The van der Waals surface area contributed by atoms with Crippen LogP contribution >= 0.6 is 11.3 Å². The number of carbonyl (C=O) groups is 2. The fourth-order valence-corrected chi connectivity index (χ4v) is 4.37. The quantitative estimate of drug-likeness (QED) is 0.306. The molecular weight excluding hydrogens is 504 g/mol. The van der Waals surface area contributed by atoms with Gasteiger partial charge in [-0.2, -0.15) is 13.8 Å². The highest BCUT2D eigenvalue weighted by Gasteiger charge is 2.23. The number of halogens is 2. The summed E-state index contributed by atoms with van der Waals surface area (Å²) in [6.07, 6.45) is 0.804. The van der Waals surface area contributed by atoms with Gasteiger partial charge in [0.15, 0.2) is 4.80 Å². The van der Waals surface area contributed by atoms with Gasteiger partial charge in [0.05, 0.1) is 16.9 Å². The molecule has 0 spiro atoms. The van der Waals surface area contributed by atoms with Crippen LogP contribution in [0, 0.1) is 0 Å². The van der Waals surface area contributed by atoms with Crippen molar-refractivity contribution in [2.45, 2.75) is 39.3 Å². The van der Waals surface area contributed by atoms with Crippen LogP contribution in [-0.4, -0.2) is 52.3 Å². The Balaban J connectivity index is 1.93. The lowest BCUT2D eigenvalue weighted by molar-refractivity contribution is -0.158. The lowest BCUT2D eigenvalue weighted by Crippen LogP contribution is -2.24. The standard InChI is InChI=1S/C25H29F2N5O4S/c1-17(34)29-10-3-13-32-22(18-5-7-19(8-6-18)36-25(2,26)27)16-37-24(32)31-23(35)20-15-28-12-9-21(20)30-11-4-14-33/h5-9,12,15-16,33H,3-4,10-11,13-14H2,1-2H3,(H,28,30)(H,29,34). The molecule has 0 saturated carbocycles. The first kappa shape index (κ1) is 27.9. The van der Waals surface area contributed by atoms with E-state index in [1.165, 1.54) is 36.6 Å². The second kappa shape index (κ2) is 13.1. The number of ether oxygens (including phenoxy) is 1. The van der Waals surface area contributed by atoms with E-state index in [1.54, 1.807) is 24.4 Å². The van der Waals surface area contributed by atoms with Crippen LogP contribution in [-0.2, 0) is 11.3 Å². The first-order chi connectivity index (χ1) is 17.7. The summed E-state index contributed by atoms with van der Waals surface area (Å²) in [7, 11) is 0. The fourth-order valence-electron chi connectivity index (χ4n) is 3.44. The maximum Gasteiger partial charge on any atom is 0.394 e. The zero-order chi connectivity index (χ0) is 26.8. The topological polar surface area (TPSA) is 118 Å². The third kappa shape index (κ3) is 8.46. The highest BCUT2D eigenvalue weighted by Crippen LogP contribution is 2.26. The van der Waals surface area contributed by atoms with Crippen molar-refractivity contribution in [1.29, 1.82) is 0 Å². The van der Waals surface area contributed by atoms with E-state index < -0.39 is 12.0 Å². The smallest absolute Gasteiger partial charge is 0.394 e. The number of nitrogens with zero attached hydrogens (tertiary/aromatic N) is 3. The number of hydrogen-bond acceptors (Lipinski definition) is 7. The van der Waals surface area contributed by atoms with Crippen molar-refractivity contribution in [2.75, 3.05) is 25.0 Å². The van der Waals surface area contributed by atoms with Gasteiger partial charge in [-0.25, -0.2) is 0 Å². The van der Waals surface area contributed by atoms with Crippen molar-refractivity contribution in [3.8, 4) is 17.0 Å². The third-order valence-electron chi connectivity index (χ3n) is 5.08. The molecule has 0 unspecified atom stereocenters. The molecular formula is C25H29F2N5O4S. The maximum absolute atomic E-state index is 13.2. The number of alkyl halides is 2. The Morgan fingerprint density at radius 2 is 1.95 bits per heavy atom. The van der Waals surface area contributed by atoms with E-state index in [-0.39, 0.29) is 18.3 Å². The zero-order valence-corrected chi connectivity index (χ0v) is 21.4. The molecule has 0 atom stereocenters. The first-order valence-electron chi connectivity index (χ1n) is 11.7. The molecule has 2 heterocycles. The number of rotatable bonds is 12. The molecule has 0 bridgehead atoms. The minimum atomic E-state index is -3.29. The van der Waals surface area contributed by atoms with Crippen LogP contribution in [0.5, 0.6) is 5.75 Å². The van der Waals surface area contributed by atoms with E-state index in [2.05, 4.69) is 25.3 Å². The molecule has 0 saturated heterocycles. The molecule has 0 radical (unpaired) electrons. The number of anilines is 1. The number of aromatic nitrogens is 2. The van der Waals surface area contributed by atoms with E-state index in [0.29, 0.717) is 55.5 Å². The van der Waals surface area contributed by atoms with E-state index in [0.717, 1.165) is 11.3 Å². The highest BCUT2D eigenvalue weighted by atomic mass is 32.1. The first-order valence-corrected chi connectivity index (χ1v) is 12.5. The van der Waals surface area contributed by atoms with Crippen LogP contribution in [0.3, 0.4) is 0 Å². The van der Waals surface area contributed by atoms with E-state index in [4.69, 9.17) is 5.11 Å². The molecule has 3 N–H and O–H groups in total. The highest BCUT2D eigenvalue weighted by molar-refractivity contribution is 7.07. The Morgan fingerprint density at radius 3 is 2.62 bits per heavy atom. The summed E-state index contributed by atoms with van der Waals surface area (Å²) in [4.78, 5) is 33.2. The Kier molecular flexibility index (Phi) is 9.86. The predicted octanol–water partition coefficient (Wildman–Crippen LogP) is 3.66. The van der Waals surface area contributed by atoms with Gasteiger partial charge in [0, 0.05) is 57.9 Å². The number of nitrogens with one attached hydrogen (secondary N) is 2.